The maximum atomic E-state index is 14.2. The zero-order valence-corrected chi connectivity index (χ0v) is 18.6. The second kappa shape index (κ2) is 7.84. The van der Waals surface area contributed by atoms with E-state index < -0.39 is 11.0 Å². The van der Waals surface area contributed by atoms with Crippen LogP contribution in [0.25, 0.3) is 0 Å². The molecule has 32 heavy (non-hydrogen) atoms. The molecular formula is C24H26N4O4. The van der Waals surface area contributed by atoms with Crippen LogP contribution in [0.1, 0.15) is 30.7 Å². The van der Waals surface area contributed by atoms with E-state index in [0.29, 0.717) is 36.6 Å². The number of benzene rings is 1. The molecule has 3 heterocycles. The SMILES string of the molecule is COCCn1c(C)cc2c(c1=O)C1(C(=O)N(CC(C)C)c3ccccc31)C(C#N)=C(N)O2. The number of aromatic nitrogens is 1. The zero-order chi connectivity index (χ0) is 23.2. The van der Waals surface area contributed by atoms with Crippen molar-refractivity contribution in [3.05, 3.63) is 69.0 Å². The number of para-hydroxylation sites is 1. The average Bonchev–Trinajstić information content (AvgIpc) is 2.97. The van der Waals surface area contributed by atoms with Gasteiger partial charge in [-0.2, -0.15) is 5.26 Å². The highest BCUT2D eigenvalue weighted by atomic mass is 16.5. The first-order valence-electron chi connectivity index (χ1n) is 10.5. The Morgan fingerprint density at radius 2 is 2.00 bits per heavy atom. The van der Waals surface area contributed by atoms with Crippen LogP contribution in [0.4, 0.5) is 5.69 Å². The Kier molecular flexibility index (Phi) is 5.31. The van der Waals surface area contributed by atoms with E-state index in [4.69, 9.17) is 15.2 Å². The summed E-state index contributed by atoms with van der Waals surface area (Å²) in [6.07, 6.45) is 0. The van der Waals surface area contributed by atoms with Gasteiger partial charge in [-0.1, -0.05) is 32.0 Å². The third-order valence-corrected chi connectivity index (χ3v) is 6.03. The summed E-state index contributed by atoms with van der Waals surface area (Å²) in [6.45, 7) is 6.86. The van der Waals surface area contributed by atoms with Crippen LogP contribution in [-0.4, -0.2) is 30.7 Å². The number of carbonyl (C=O) groups is 1. The third-order valence-electron chi connectivity index (χ3n) is 6.03. The average molecular weight is 434 g/mol. The van der Waals surface area contributed by atoms with Crippen LogP contribution in [0.3, 0.4) is 0 Å². The first-order valence-corrected chi connectivity index (χ1v) is 10.5. The van der Waals surface area contributed by atoms with Gasteiger partial charge in [-0.15, -0.1) is 0 Å². The summed E-state index contributed by atoms with van der Waals surface area (Å²) in [7, 11) is 1.56. The van der Waals surface area contributed by atoms with E-state index >= 15 is 0 Å². The number of hydrogen-bond donors (Lipinski definition) is 1. The largest absolute Gasteiger partial charge is 0.440 e. The topological polar surface area (TPSA) is 111 Å². The van der Waals surface area contributed by atoms with Crippen molar-refractivity contribution >= 4 is 11.6 Å². The maximum Gasteiger partial charge on any atom is 0.259 e. The molecule has 166 valence electrons. The van der Waals surface area contributed by atoms with Crippen LogP contribution in [0, 0.1) is 24.2 Å². The highest BCUT2D eigenvalue weighted by Crippen LogP contribution is 2.54. The molecule has 8 nitrogen and oxygen atoms in total. The van der Waals surface area contributed by atoms with Crippen molar-refractivity contribution in [1.29, 1.82) is 5.26 Å². The lowest BCUT2D eigenvalue weighted by molar-refractivity contribution is -0.121. The van der Waals surface area contributed by atoms with Crippen LogP contribution in [0.2, 0.25) is 0 Å². The van der Waals surface area contributed by atoms with Crippen molar-refractivity contribution < 1.29 is 14.3 Å². The number of ether oxygens (including phenoxy) is 2. The quantitative estimate of drug-likeness (QED) is 0.772. The minimum absolute atomic E-state index is 0.0621. The monoisotopic (exact) mass is 434 g/mol. The highest BCUT2D eigenvalue weighted by Gasteiger charge is 2.60. The number of carbonyl (C=O) groups excluding carboxylic acids is 1. The van der Waals surface area contributed by atoms with Gasteiger partial charge < -0.3 is 24.7 Å². The summed E-state index contributed by atoms with van der Waals surface area (Å²) in [6, 6.07) is 11.0. The molecule has 1 aromatic carbocycles. The Morgan fingerprint density at radius 1 is 1.28 bits per heavy atom. The summed E-state index contributed by atoms with van der Waals surface area (Å²) in [4.78, 5) is 29.7. The molecule has 2 aromatic rings. The predicted molar refractivity (Wildman–Crippen MR) is 119 cm³/mol. The molecule has 1 atom stereocenters. The molecule has 4 rings (SSSR count). The van der Waals surface area contributed by atoms with Crippen LogP contribution in [0.15, 0.2) is 46.6 Å². The third kappa shape index (κ3) is 2.85. The normalized spacial score (nSPS) is 19.2. The molecule has 1 unspecified atom stereocenters. The lowest BCUT2D eigenvalue weighted by Gasteiger charge is -2.34. The molecule has 2 N–H and O–H groups in total. The molecular weight excluding hydrogens is 408 g/mol. The first kappa shape index (κ1) is 21.7. The minimum atomic E-state index is -1.66. The van der Waals surface area contributed by atoms with Gasteiger partial charge in [0.2, 0.25) is 11.8 Å². The van der Waals surface area contributed by atoms with Crippen molar-refractivity contribution in [3.63, 3.8) is 0 Å². The van der Waals surface area contributed by atoms with E-state index in [1.54, 1.807) is 41.7 Å². The summed E-state index contributed by atoms with van der Waals surface area (Å²) < 4.78 is 12.5. The van der Waals surface area contributed by atoms with Gasteiger partial charge in [0.25, 0.3) is 5.56 Å². The van der Waals surface area contributed by atoms with Crippen molar-refractivity contribution in [2.75, 3.05) is 25.2 Å². The van der Waals surface area contributed by atoms with E-state index in [2.05, 4.69) is 6.07 Å². The molecule has 0 saturated carbocycles. The maximum absolute atomic E-state index is 14.2. The van der Waals surface area contributed by atoms with E-state index in [0.717, 1.165) is 0 Å². The fourth-order valence-corrected chi connectivity index (χ4v) is 4.73. The summed E-state index contributed by atoms with van der Waals surface area (Å²) in [5.74, 6) is -0.157. The number of methoxy groups -OCH3 is 1. The van der Waals surface area contributed by atoms with E-state index in [1.165, 1.54) is 0 Å². The molecule has 1 aromatic heterocycles. The van der Waals surface area contributed by atoms with Gasteiger partial charge in [0, 0.05) is 43.2 Å². The number of nitrogens with two attached hydrogens (primary N) is 1. The highest BCUT2D eigenvalue weighted by molar-refractivity contribution is 6.14. The van der Waals surface area contributed by atoms with Crippen LogP contribution in [-0.2, 0) is 21.5 Å². The van der Waals surface area contributed by atoms with Crippen molar-refractivity contribution in [3.8, 4) is 11.8 Å². The molecule has 0 aliphatic carbocycles. The van der Waals surface area contributed by atoms with Crippen molar-refractivity contribution in [2.45, 2.75) is 32.7 Å². The van der Waals surface area contributed by atoms with Gasteiger partial charge in [-0.3, -0.25) is 9.59 Å². The minimum Gasteiger partial charge on any atom is -0.440 e. The number of rotatable bonds is 5. The fourth-order valence-electron chi connectivity index (χ4n) is 4.73. The van der Waals surface area contributed by atoms with E-state index in [9.17, 15) is 14.9 Å². The summed E-state index contributed by atoms with van der Waals surface area (Å²) in [5.41, 5.74) is 6.06. The second-order valence-corrected chi connectivity index (χ2v) is 8.50. The van der Waals surface area contributed by atoms with Gasteiger partial charge in [-0.25, -0.2) is 0 Å². The van der Waals surface area contributed by atoms with E-state index in [1.807, 2.05) is 26.0 Å². The smallest absolute Gasteiger partial charge is 0.259 e. The molecule has 0 fully saturated rings. The number of amides is 1. The van der Waals surface area contributed by atoms with Gasteiger partial charge in [0.1, 0.15) is 17.4 Å². The van der Waals surface area contributed by atoms with Gasteiger partial charge in [0.05, 0.1) is 12.2 Å². The lowest BCUT2D eigenvalue weighted by Crippen LogP contribution is -2.50. The molecule has 0 radical (unpaired) electrons. The Labute approximate surface area is 186 Å². The number of nitriles is 1. The number of hydrogen-bond acceptors (Lipinski definition) is 6. The van der Waals surface area contributed by atoms with Gasteiger partial charge in [-0.05, 0) is 18.9 Å². The second-order valence-electron chi connectivity index (χ2n) is 8.50. The molecule has 1 spiro atoms. The number of aryl methyl sites for hydroxylation is 1. The molecule has 2 aliphatic rings. The molecule has 0 bridgehead atoms. The van der Waals surface area contributed by atoms with Crippen LogP contribution in [0.5, 0.6) is 5.75 Å². The fraction of sp³-hybridized carbons (Fsp3) is 0.375. The number of fused-ring (bicyclic) bond motifs is 4. The van der Waals surface area contributed by atoms with Crippen molar-refractivity contribution in [1.82, 2.24) is 4.57 Å². The first-order chi connectivity index (χ1) is 15.3. The number of nitrogens with zero attached hydrogens (tertiary/aromatic N) is 3. The Balaban J connectivity index is 2.12. The Morgan fingerprint density at radius 3 is 2.66 bits per heavy atom. The summed E-state index contributed by atoms with van der Waals surface area (Å²) >= 11 is 0. The predicted octanol–water partition coefficient (Wildman–Crippen LogP) is 2.18. The van der Waals surface area contributed by atoms with Gasteiger partial charge in [0.15, 0.2) is 5.41 Å². The molecule has 8 heteroatoms. The van der Waals surface area contributed by atoms with E-state index in [-0.39, 0.29) is 34.6 Å². The molecule has 2 aliphatic heterocycles. The number of anilines is 1. The molecule has 0 saturated heterocycles. The summed E-state index contributed by atoms with van der Waals surface area (Å²) in [5, 5.41) is 10.1. The van der Waals surface area contributed by atoms with Crippen LogP contribution >= 0.6 is 0 Å². The Bertz CT molecular complexity index is 1240. The zero-order valence-electron chi connectivity index (χ0n) is 18.6. The van der Waals surface area contributed by atoms with Gasteiger partial charge >= 0.3 is 0 Å². The lowest BCUT2D eigenvalue weighted by atomic mass is 9.69. The molecule has 1 amide bonds. The Hall–Kier alpha value is -3.57. The van der Waals surface area contributed by atoms with Crippen molar-refractivity contribution in [2.24, 2.45) is 11.7 Å². The number of pyridine rings is 1. The standard InChI is InChI=1S/C24H26N4O4/c1-14(2)13-28-18-8-6-5-7-16(18)24(23(28)30)17(12-25)21(26)32-19-11-15(3)27(9-10-31-4)22(29)20(19)24/h5-8,11,14H,9-10,13,26H2,1-4H3. The van der Waals surface area contributed by atoms with Crippen LogP contribution < -0.4 is 20.9 Å².